The molecular formula is C13H19NO3S. The SMILES string of the molecule is CC(C)C(C(=O)NO)S(=O)CCc1ccccc1. The van der Waals surface area contributed by atoms with Crippen LogP contribution in [0.4, 0.5) is 0 Å². The molecule has 0 aliphatic carbocycles. The maximum Gasteiger partial charge on any atom is 0.259 e. The average Bonchev–Trinajstić information content (AvgIpc) is 2.37. The van der Waals surface area contributed by atoms with Gasteiger partial charge in [-0.3, -0.25) is 14.2 Å². The largest absolute Gasteiger partial charge is 0.289 e. The lowest BCUT2D eigenvalue weighted by Crippen LogP contribution is -2.40. The van der Waals surface area contributed by atoms with E-state index in [2.05, 4.69) is 0 Å². The number of carbonyl (C=O) groups is 1. The molecule has 0 aliphatic rings. The second-order valence-corrected chi connectivity index (χ2v) is 6.14. The number of carbonyl (C=O) groups excluding carboxylic acids is 1. The summed E-state index contributed by atoms with van der Waals surface area (Å²) in [6.45, 7) is 3.64. The van der Waals surface area contributed by atoms with E-state index in [1.807, 2.05) is 44.2 Å². The van der Waals surface area contributed by atoms with E-state index in [0.29, 0.717) is 12.2 Å². The van der Waals surface area contributed by atoms with Gasteiger partial charge in [-0.2, -0.15) is 0 Å². The third-order valence-corrected chi connectivity index (χ3v) is 4.62. The number of hydrogen-bond donors (Lipinski definition) is 2. The molecule has 0 radical (unpaired) electrons. The van der Waals surface area contributed by atoms with Gasteiger partial charge in [0.15, 0.2) is 0 Å². The van der Waals surface area contributed by atoms with Gasteiger partial charge < -0.3 is 0 Å². The van der Waals surface area contributed by atoms with Crippen LogP contribution in [0.15, 0.2) is 30.3 Å². The van der Waals surface area contributed by atoms with Crippen LogP contribution in [0.2, 0.25) is 0 Å². The number of rotatable bonds is 6. The molecule has 2 N–H and O–H groups in total. The van der Waals surface area contributed by atoms with Crippen LogP contribution in [-0.2, 0) is 22.0 Å². The van der Waals surface area contributed by atoms with Gasteiger partial charge in [-0.1, -0.05) is 44.2 Å². The summed E-state index contributed by atoms with van der Waals surface area (Å²) in [5, 5.41) is 7.99. The lowest BCUT2D eigenvalue weighted by Gasteiger charge is -2.17. The van der Waals surface area contributed by atoms with E-state index in [1.165, 1.54) is 0 Å². The summed E-state index contributed by atoms with van der Waals surface area (Å²) in [6.07, 6.45) is 0.662. The lowest BCUT2D eigenvalue weighted by atomic mass is 10.1. The molecule has 0 spiro atoms. The fourth-order valence-corrected chi connectivity index (χ4v) is 3.37. The van der Waals surface area contributed by atoms with Gasteiger partial charge >= 0.3 is 0 Å². The molecule has 5 heteroatoms. The average molecular weight is 269 g/mol. The first-order chi connectivity index (χ1) is 8.56. The van der Waals surface area contributed by atoms with E-state index < -0.39 is 22.0 Å². The van der Waals surface area contributed by atoms with Crippen molar-refractivity contribution in [1.82, 2.24) is 5.48 Å². The van der Waals surface area contributed by atoms with Crippen LogP contribution in [0, 0.1) is 5.92 Å². The number of amides is 1. The fraction of sp³-hybridized carbons (Fsp3) is 0.462. The second-order valence-electron chi connectivity index (χ2n) is 4.46. The van der Waals surface area contributed by atoms with Crippen LogP contribution in [-0.4, -0.2) is 26.3 Å². The molecule has 0 aromatic heterocycles. The zero-order valence-corrected chi connectivity index (χ0v) is 11.4. The summed E-state index contributed by atoms with van der Waals surface area (Å²) in [5.74, 6) is -0.231. The van der Waals surface area contributed by atoms with E-state index >= 15 is 0 Å². The van der Waals surface area contributed by atoms with Gasteiger partial charge in [0.25, 0.3) is 5.91 Å². The fourth-order valence-electron chi connectivity index (χ4n) is 1.78. The molecular weight excluding hydrogens is 250 g/mol. The molecule has 0 saturated carbocycles. The van der Waals surface area contributed by atoms with Crippen LogP contribution in [0.5, 0.6) is 0 Å². The predicted octanol–water partition coefficient (Wildman–Crippen LogP) is 1.51. The van der Waals surface area contributed by atoms with E-state index in [-0.39, 0.29) is 5.92 Å². The Balaban J connectivity index is 2.60. The third kappa shape index (κ3) is 4.23. The first-order valence-electron chi connectivity index (χ1n) is 5.91. The van der Waals surface area contributed by atoms with Crippen molar-refractivity contribution in [2.75, 3.05) is 5.75 Å². The van der Waals surface area contributed by atoms with Crippen molar-refractivity contribution in [3.63, 3.8) is 0 Å². The minimum absolute atomic E-state index is 0.0752. The van der Waals surface area contributed by atoms with Crippen molar-refractivity contribution in [2.45, 2.75) is 25.5 Å². The highest BCUT2D eigenvalue weighted by Crippen LogP contribution is 2.12. The first kappa shape index (κ1) is 14.9. The van der Waals surface area contributed by atoms with Crippen molar-refractivity contribution in [2.24, 2.45) is 5.92 Å². The summed E-state index contributed by atoms with van der Waals surface area (Å²) in [5.41, 5.74) is 2.69. The predicted molar refractivity (Wildman–Crippen MR) is 71.7 cm³/mol. The molecule has 1 rings (SSSR count). The summed E-state index contributed by atoms with van der Waals surface area (Å²) in [7, 11) is -1.29. The summed E-state index contributed by atoms with van der Waals surface area (Å²) < 4.78 is 12.1. The van der Waals surface area contributed by atoms with Crippen molar-refractivity contribution < 1.29 is 14.2 Å². The molecule has 1 aromatic rings. The van der Waals surface area contributed by atoms with E-state index in [9.17, 15) is 9.00 Å². The molecule has 0 aliphatic heterocycles. The van der Waals surface area contributed by atoms with Crippen LogP contribution >= 0.6 is 0 Å². The molecule has 0 heterocycles. The molecule has 1 amide bonds. The van der Waals surface area contributed by atoms with Crippen molar-refractivity contribution in [3.8, 4) is 0 Å². The number of benzene rings is 1. The molecule has 0 bridgehead atoms. The highest BCUT2D eigenvalue weighted by Gasteiger charge is 2.27. The van der Waals surface area contributed by atoms with Gasteiger partial charge in [0.1, 0.15) is 5.25 Å². The number of nitrogens with one attached hydrogen (secondary N) is 1. The molecule has 100 valence electrons. The van der Waals surface area contributed by atoms with E-state index in [1.54, 1.807) is 5.48 Å². The van der Waals surface area contributed by atoms with Gasteiger partial charge in [0, 0.05) is 16.6 Å². The highest BCUT2D eigenvalue weighted by molar-refractivity contribution is 7.86. The summed E-state index contributed by atoms with van der Waals surface area (Å²) >= 11 is 0. The zero-order valence-electron chi connectivity index (χ0n) is 10.6. The van der Waals surface area contributed by atoms with Crippen molar-refractivity contribution >= 4 is 16.7 Å². The molecule has 0 saturated heterocycles. The normalized spacial score (nSPS) is 14.2. The van der Waals surface area contributed by atoms with Crippen LogP contribution < -0.4 is 5.48 Å². The Morgan fingerprint density at radius 2 is 1.94 bits per heavy atom. The monoisotopic (exact) mass is 269 g/mol. The Hall–Kier alpha value is -1.20. The third-order valence-electron chi connectivity index (χ3n) is 2.69. The van der Waals surface area contributed by atoms with Crippen LogP contribution in [0.25, 0.3) is 0 Å². The molecule has 2 unspecified atom stereocenters. The molecule has 4 nitrogen and oxygen atoms in total. The van der Waals surface area contributed by atoms with Gasteiger partial charge in [-0.05, 0) is 17.9 Å². The minimum Gasteiger partial charge on any atom is -0.289 e. The van der Waals surface area contributed by atoms with Crippen molar-refractivity contribution in [3.05, 3.63) is 35.9 Å². The molecule has 18 heavy (non-hydrogen) atoms. The zero-order chi connectivity index (χ0) is 13.5. The topological polar surface area (TPSA) is 66.4 Å². The summed E-state index contributed by atoms with van der Waals surface area (Å²) in [6, 6.07) is 9.72. The standard InChI is InChI=1S/C13H19NO3S/c1-10(2)12(13(15)14-16)18(17)9-8-11-6-4-3-5-7-11/h3-7,10,12,16H,8-9H2,1-2H3,(H,14,15). The van der Waals surface area contributed by atoms with Crippen LogP contribution in [0.3, 0.4) is 0 Å². The van der Waals surface area contributed by atoms with Gasteiger partial charge in [0.05, 0.1) is 0 Å². The molecule has 1 aromatic carbocycles. The molecule has 0 fully saturated rings. The van der Waals surface area contributed by atoms with Crippen LogP contribution in [0.1, 0.15) is 19.4 Å². The Morgan fingerprint density at radius 1 is 1.33 bits per heavy atom. The van der Waals surface area contributed by atoms with Gasteiger partial charge in [0.2, 0.25) is 0 Å². The van der Waals surface area contributed by atoms with Gasteiger partial charge in [-0.15, -0.1) is 0 Å². The van der Waals surface area contributed by atoms with E-state index in [4.69, 9.17) is 5.21 Å². The summed E-state index contributed by atoms with van der Waals surface area (Å²) in [4.78, 5) is 11.5. The van der Waals surface area contributed by atoms with E-state index in [0.717, 1.165) is 5.56 Å². The first-order valence-corrected chi connectivity index (χ1v) is 7.29. The maximum absolute atomic E-state index is 12.1. The second kappa shape index (κ2) is 7.28. The van der Waals surface area contributed by atoms with Crippen molar-refractivity contribution in [1.29, 1.82) is 0 Å². The Morgan fingerprint density at radius 3 is 2.44 bits per heavy atom. The number of hydroxylamine groups is 1. The highest BCUT2D eigenvalue weighted by atomic mass is 32.2. The Labute approximate surface area is 110 Å². The van der Waals surface area contributed by atoms with Gasteiger partial charge in [-0.25, -0.2) is 5.48 Å². The Kier molecular flexibility index (Phi) is 6.01. The smallest absolute Gasteiger partial charge is 0.259 e. The maximum atomic E-state index is 12.1. The quantitative estimate of drug-likeness (QED) is 0.607. The number of hydrogen-bond acceptors (Lipinski definition) is 3. The minimum atomic E-state index is -1.29. The number of aryl methyl sites for hydroxylation is 1. The molecule has 2 atom stereocenters. The Bertz CT molecular complexity index is 406. The lowest BCUT2D eigenvalue weighted by molar-refractivity contribution is -0.129.